The van der Waals surface area contributed by atoms with Crippen molar-refractivity contribution in [2.45, 2.75) is 32.9 Å². The number of pyridine rings is 1. The number of amides is 2. The van der Waals surface area contributed by atoms with E-state index in [4.69, 9.17) is 11.6 Å². The molecule has 3 atom stereocenters. The Balaban J connectivity index is 1.26. The van der Waals surface area contributed by atoms with Crippen molar-refractivity contribution < 1.29 is 4.79 Å². The van der Waals surface area contributed by atoms with E-state index >= 15 is 0 Å². The fourth-order valence-corrected chi connectivity index (χ4v) is 4.33. The van der Waals surface area contributed by atoms with Crippen molar-refractivity contribution in [3.63, 3.8) is 0 Å². The minimum atomic E-state index is -0.225. The molecule has 2 aromatic rings. The van der Waals surface area contributed by atoms with Crippen LogP contribution in [0.2, 0.25) is 0 Å². The highest BCUT2D eigenvalue weighted by Gasteiger charge is 2.47. The number of carbonyl (C=O) groups is 1. The lowest BCUT2D eigenvalue weighted by Gasteiger charge is -2.27. The standard InChI is InChI=1S/C25H29ClN4O/c1-16-5-4-6-20(29-16)14-28-25(2,3)17-7-10-19(11-8-17)30-24(31)27-15-23-21-12-9-18(26)13-22(21)23/h4-13,21-23,28H,14-15H2,1-3H3,(H2,27,30,31)/t21?,22-,23?/m0/s1. The average molecular weight is 437 g/mol. The summed E-state index contributed by atoms with van der Waals surface area (Å²) in [7, 11) is 0. The Labute approximate surface area is 189 Å². The zero-order chi connectivity index (χ0) is 22.0. The van der Waals surface area contributed by atoms with Gasteiger partial charge in [-0.05, 0) is 74.4 Å². The summed E-state index contributed by atoms with van der Waals surface area (Å²) in [5.41, 5.74) is 3.73. The predicted molar refractivity (Wildman–Crippen MR) is 126 cm³/mol. The van der Waals surface area contributed by atoms with Crippen molar-refractivity contribution in [2.24, 2.45) is 17.8 Å². The molecule has 0 bridgehead atoms. The van der Waals surface area contributed by atoms with E-state index in [-0.39, 0.29) is 11.6 Å². The van der Waals surface area contributed by atoms with Crippen molar-refractivity contribution in [3.8, 4) is 0 Å². The summed E-state index contributed by atoms with van der Waals surface area (Å²) in [5.74, 6) is 1.41. The molecular formula is C25H29ClN4O. The smallest absolute Gasteiger partial charge is 0.319 e. The van der Waals surface area contributed by atoms with E-state index in [0.29, 0.717) is 30.8 Å². The Hall–Kier alpha value is -2.63. The number of hydrogen-bond donors (Lipinski definition) is 3. The van der Waals surface area contributed by atoms with Crippen LogP contribution < -0.4 is 16.0 Å². The molecule has 0 radical (unpaired) electrons. The van der Waals surface area contributed by atoms with Crippen LogP contribution in [-0.2, 0) is 12.1 Å². The molecule has 5 nitrogen and oxygen atoms in total. The third kappa shape index (κ3) is 5.35. The lowest BCUT2D eigenvalue weighted by Crippen LogP contribution is -2.36. The van der Waals surface area contributed by atoms with Crippen LogP contribution >= 0.6 is 11.6 Å². The zero-order valence-corrected chi connectivity index (χ0v) is 18.9. The van der Waals surface area contributed by atoms with Gasteiger partial charge < -0.3 is 16.0 Å². The Morgan fingerprint density at radius 3 is 2.61 bits per heavy atom. The number of hydrogen-bond acceptors (Lipinski definition) is 3. The number of aromatic nitrogens is 1. The van der Waals surface area contributed by atoms with Crippen LogP contribution in [0.25, 0.3) is 0 Å². The molecule has 31 heavy (non-hydrogen) atoms. The first-order chi connectivity index (χ1) is 14.8. The lowest BCUT2D eigenvalue weighted by atomic mass is 9.94. The van der Waals surface area contributed by atoms with Crippen LogP contribution in [0.15, 0.2) is 65.7 Å². The summed E-state index contributed by atoms with van der Waals surface area (Å²) >= 11 is 6.04. The molecule has 6 heteroatoms. The van der Waals surface area contributed by atoms with E-state index in [1.54, 1.807) is 0 Å². The Morgan fingerprint density at radius 2 is 1.90 bits per heavy atom. The van der Waals surface area contributed by atoms with E-state index in [1.165, 1.54) is 0 Å². The molecular weight excluding hydrogens is 408 g/mol. The minimum Gasteiger partial charge on any atom is -0.338 e. The largest absolute Gasteiger partial charge is 0.338 e. The molecule has 2 unspecified atom stereocenters. The van der Waals surface area contributed by atoms with Crippen LogP contribution in [0.4, 0.5) is 10.5 Å². The summed E-state index contributed by atoms with van der Waals surface area (Å²) in [6.07, 6.45) is 6.17. The van der Waals surface area contributed by atoms with Gasteiger partial charge in [0.1, 0.15) is 0 Å². The van der Waals surface area contributed by atoms with E-state index in [9.17, 15) is 4.79 Å². The Bertz CT molecular complexity index is 1010. The topological polar surface area (TPSA) is 66.0 Å². The predicted octanol–water partition coefficient (Wildman–Crippen LogP) is 5.09. The van der Waals surface area contributed by atoms with Crippen molar-refractivity contribution in [2.75, 3.05) is 11.9 Å². The van der Waals surface area contributed by atoms with Gasteiger partial charge in [-0.3, -0.25) is 4.98 Å². The number of urea groups is 1. The quantitative estimate of drug-likeness (QED) is 0.566. The van der Waals surface area contributed by atoms with Gasteiger partial charge >= 0.3 is 6.03 Å². The van der Waals surface area contributed by atoms with Crippen LogP contribution in [0.3, 0.4) is 0 Å². The number of halogens is 1. The number of anilines is 1. The van der Waals surface area contributed by atoms with Gasteiger partial charge in [0.25, 0.3) is 0 Å². The molecule has 3 N–H and O–H groups in total. The highest BCUT2D eigenvalue weighted by molar-refractivity contribution is 6.31. The Morgan fingerprint density at radius 1 is 1.13 bits per heavy atom. The van der Waals surface area contributed by atoms with Gasteiger partial charge in [-0.2, -0.15) is 0 Å². The molecule has 0 saturated heterocycles. The first-order valence-electron chi connectivity index (χ1n) is 10.7. The number of carbonyl (C=O) groups excluding carboxylic acids is 1. The maximum atomic E-state index is 12.3. The summed E-state index contributed by atoms with van der Waals surface area (Å²) < 4.78 is 0. The molecule has 1 fully saturated rings. The molecule has 2 amide bonds. The number of fused-ring (bicyclic) bond motifs is 1. The van der Waals surface area contributed by atoms with Gasteiger partial charge in [0.05, 0.1) is 5.69 Å². The van der Waals surface area contributed by atoms with Crippen LogP contribution in [0.5, 0.6) is 0 Å². The number of benzene rings is 1. The minimum absolute atomic E-state index is 0.182. The van der Waals surface area contributed by atoms with Crippen molar-refractivity contribution in [3.05, 3.63) is 82.7 Å². The van der Waals surface area contributed by atoms with Gasteiger partial charge in [0, 0.05) is 35.0 Å². The van der Waals surface area contributed by atoms with Crippen LogP contribution in [0.1, 0.15) is 30.8 Å². The van der Waals surface area contributed by atoms with E-state index < -0.39 is 0 Å². The lowest BCUT2D eigenvalue weighted by molar-refractivity contribution is 0.251. The molecule has 4 rings (SSSR count). The summed E-state index contributed by atoms with van der Waals surface area (Å²) in [5, 5.41) is 10.3. The first-order valence-corrected chi connectivity index (χ1v) is 11.1. The maximum Gasteiger partial charge on any atom is 0.319 e. The maximum absolute atomic E-state index is 12.3. The number of nitrogens with zero attached hydrogens (tertiary/aromatic N) is 1. The first kappa shape index (κ1) is 21.6. The second-order valence-electron chi connectivity index (χ2n) is 8.89. The highest BCUT2D eigenvalue weighted by atomic mass is 35.5. The number of rotatable bonds is 7. The van der Waals surface area contributed by atoms with Gasteiger partial charge in [-0.25, -0.2) is 4.79 Å². The van der Waals surface area contributed by atoms with Crippen molar-refractivity contribution in [1.29, 1.82) is 0 Å². The summed E-state index contributed by atoms with van der Waals surface area (Å²) in [4.78, 5) is 16.8. The van der Waals surface area contributed by atoms with Gasteiger partial charge in [-0.15, -0.1) is 0 Å². The molecule has 1 aromatic heterocycles. The number of nitrogens with one attached hydrogen (secondary N) is 3. The normalized spacial score (nSPS) is 21.8. The van der Waals surface area contributed by atoms with E-state index in [0.717, 1.165) is 27.7 Å². The fourth-order valence-electron chi connectivity index (χ4n) is 4.12. The molecule has 1 aromatic carbocycles. The monoisotopic (exact) mass is 436 g/mol. The molecule has 1 heterocycles. The second kappa shape index (κ2) is 8.85. The highest BCUT2D eigenvalue weighted by Crippen LogP contribution is 2.51. The average Bonchev–Trinajstić information content (AvgIpc) is 3.43. The number of aryl methyl sites for hydroxylation is 1. The molecule has 0 aliphatic heterocycles. The van der Waals surface area contributed by atoms with Crippen molar-refractivity contribution in [1.82, 2.24) is 15.6 Å². The number of allylic oxidation sites excluding steroid dienone is 4. The van der Waals surface area contributed by atoms with Crippen LogP contribution in [-0.4, -0.2) is 17.6 Å². The van der Waals surface area contributed by atoms with E-state index in [2.05, 4.69) is 46.9 Å². The summed E-state index contributed by atoms with van der Waals surface area (Å²) in [6, 6.07) is 13.8. The molecule has 2 aliphatic carbocycles. The summed E-state index contributed by atoms with van der Waals surface area (Å²) in [6.45, 7) is 7.62. The van der Waals surface area contributed by atoms with E-state index in [1.807, 2.05) is 55.5 Å². The van der Waals surface area contributed by atoms with Gasteiger partial charge in [0.2, 0.25) is 0 Å². The Kier molecular flexibility index (Phi) is 6.17. The molecule has 162 valence electrons. The second-order valence-corrected chi connectivity index (χ2v) is 9.33. The molecule has 1 saturated carbocycles. The van der Waals surface area contributed by atoms with Gasteiger partial charge in [0.15, 0.2) is 0 Å². The molecule has 0 spiro atoms. The zero-order valence-electron chi connectivity index (χ0n) is 18.2. The third-order valence-corrected chi connectivity index (χ3v) is 6.39. The van der Waals surface area contributed by atoms with Crippen molar-refractivity contribution >= 4 is 23.3 Å². The fraction of sp³-hybridized carbons (Fsp3) is 0.360. The van der Waals surface area contributed by atoms with Gasteiger partial charge in [-0.1, -0.05) is 42.0 Å². The van der Waals surface area contributed by atoms with Crippen LogP contribution in [0, 0.1) is 24.7 Å². The molecule has 2 aliphatic rings. The third-order valence-electron chi connectivity index (χ3n) is 6.14. The SMILES string of the molecule is Cc1cccc(CNC(C)(C)c2ccc(NC(=O)NCC3C4C=CC(Cl)=C[C@@H]43)cc2)n1.